The Labute approximate surface area is 230 Å². The van der Waals surface area contributed by atoms with E-state index in [4.69, 9.17) is 4.74 Å². The molecule has 39 heavy (non-hydrogen) atoms. The van der Waals surface area contributed by atoms with Crippen LogP contribution in [-0.4, -0.2) is 63.1 Å². The average Bonchev–Trinajstić information content (AvgIpc) is 2.96. The van der Waals surface area contributed by atoms with Gasteiger partial charge in [0.15, 0.2) is 0 Å². The monoisotopic (exact) mass is 527 g/mol. The molecule has 0 bridgehead atoms. The lowest BCUT2D eigenvalue weighted by molar-refractivity contribution is -0.119. The van der Waals surface area contributed by atoms with Gasteiger partial charge < -0.3 is 30.1 Å². The molecule has 0 aromatic heterocycles. The summed E-state index contributed by atoms with van der Waals surface area (Å²) in [6.07, 6.45) is 1.96. The molecule has 8 nitrogen and oxygen atoms in total. The van der Waals surface area contributed by atoms with Crippen LogP contribution in [0.1, 0.15) is 35.7 Å². The molecule has 2 N–H and O–H groups in total. The molecule has 0 radical (unpaired) electrons. The van der Waals surface area contributed by atoms with E-state index in [2.05, 4.69) is 33.5 Å². The number of likely N-dealkylation sites (tertiary alicyclic amines) is 1. The zero-order valence-electron chi connectivity index (χ0n) is 23.1. The number of fused-ring (bicyclic) bond motifs is 1. The SMILES string of the molecule is COc1ccc(CN2c3cc(Nc4ccc(C(=O)NC5CCN(C)CC5)cc4)ccc3N(C)C(=O)[C@H]2C)cc1. The first-order chi connectivity index (χ1) is 18.8. The summed E-state index contributed by atoms with van der Waals surface area (Å²) in [6.45, 7) is 4.56. The molecule has 1 saturated heterocycles. The lowest BCUT2D eigenvalue weighted by Crippen LogP contribution is -2.50. The van der Waals surface area contributed by atoms with E-state index < -0.39 is 0 Å². The number of hydrogen-bond donors (Lipinski definition) is 2. The summed E-state index contributed by atoms with van der Waals surface area (Å²) in [7, 11) is 5.59. The van der Waals surface area contributed by atoms with Crippen LogP contribution in [0.25, 0.3) is 0 Å². The third-order valence-corrected chi connectivity index (χ3v) is 7.80. The Morgan fingerprint density at radius 3 is 2.26 bits per heavy atom. The molecule has 1 fully saturated rings. The third kappa shape index (κ3) is 5.86. The standard InChI is InChI=1S/C31H37N5O3/c1-21-31(38)35(3)28-14-11-26(19-29(28)36(21)20-22-5-12-27(39-4)13-6-22)32-24-9-7-23(8-10-24)30(37)33-25-15-17-34(2)18-16-25/h5-14,19,21,25,32H,15-18,20H2,1-4H3,(H,33,37)/t21-/m1/s1. The number of carbonyl (C=O) groups excluding carboxylic acids is 2. The van der Waals surface area contributed by atoms with Crippen molar-refractivity contribution in [1.29, 1.82) is 0 Å². The van der Waals surface area contributed by atoms with Gasteiger partial charge in [0.25, 0.3) is 5.91 Å². The highest BCUT2D eigenvalue weighted by Crippen LogP contribution is 2.39. The van der Waals surface area contributed by atoms with Gasteiger partial charge in [0.2, 0.25) is 5.91 Å². The number of methoxy groups -OCH3 is 1. The maximum atomic E-state index is 13.0. The van der Waals surface area contributed by atoms with Crippen molar-refractivity contribution in [3.8, 4) is 5.75 Å². The number of ether oxygens (including phenoxy) is 1. The summed E-state index contributed by atoms with van der Waals surface area (Å²) >= 11 is 0. The molecular weight excluding hydrogens is 490 g/mol. The van der Waals surface area contributed by atoms with Gasteiger partial charge in [-0.2, -0.15) is 0 Å². The molecule has 0 spiro atoms. The number of hydrogen-bond acceptors (Lipinski definition) is 6. The van der Waals surface area contributed by atoms with Crippen molar-refractivity contribution in [2.45, 2.75) is 38.4 Å². The number of carbonyl (C=O) groups is 2. The summed E-state index contributed by atoms with van der Waals surface area (Å²) in [5.41, 5.74) is 5.41. The van der Waals surface area contributed by atoms with Gasteiger partial charge in [-0.15, -0.1) is 0 Å². The minimum Gasteiger partial charge on any atom is -0.497 e. The summed E-state index contributed by atoms with van der Waals surface area (Å²) in [4.78, 5) is 31.9. The fraction of sp³-hybridized carbons (Fsp3) is 0.355. The van der Waals surface area contributed by atoms with Crippen molar-refractivity contribution in [1.82, 2.24) is 10.2 Å². The molecule has 3 aromatic rings. The first kappa shape index (κ1) is 26.6. The topological polar surface area (TPSA) is 77.2 Å². The molecule has 0 unspecified atom stereocenters. The molecule has 5 rings (SSSR count). The highest BCUT2D eigenvalue weighted by atomic mass is 16.5. The zero-order valence-corrected chi connectivity index (χ0v) is 23.1. The maximum absolute atomic E-state index is 13.0. The lowest BCUT2D eigenvalue weighted by Gasteiger charge is -2.40. The number of benzene rings is 3. The van der Waals surface area contributed by atoms with Crippen LogP contribution in [0.15, 0.2) is 66.7 Å². The minimum atomic E-state index is -0.304. The van der Waals surface area contributed by atoms with Gasteiger partial charge in [0.1, 0.15) is 11.8 Å². The third-order valence-electron chi connectivity index (χ3n) is 7.80. The first-order valence-corrected chi connectivity index (χ1v) is 13.5. The smallest absolute Gasteiger partial charge is 0.251 e. The molecule has 2 aliphatic rings. The molecule has 3 aromatic carbocycles. The van der Waals surface area contributed by atoms with Gasteiger partial charge in [0.05, 0.1) is 18.5 Å². The Bertz CT molecular complexity index is 1320. The van der Waals surface area contributed by atoms with Crippen molar-refractivity contribution in [2.75, 3.05) is 49.4 Å². The number of anilines is 4. The zero-order chi connectivity index (χ0) is 27.5. The van der Waals surface area contributed by atoms with E-state index in [1.165, 1.54) is 0 Å². The predicted molar refractivity (Wildman–Crippen MR) is 156 cm³/mol. The fourth-order valence-electron chi connectivity index (χ4n) is 5.30. The van der Waals surface area contributed by atoms with E-state index in [0.717, 1.165) is 60.0 Å². The Kier molecular flexibility index (Phi) is 7.74. The molecule has 2 aliphatic heterocycles. The first-order valence-electron chi connectivity index (χ1n) is 13.5. The van der Waals surface area contributed by atoms with E-state index in [-0.39, 0.29) is 23.9 Å². The number of rotatable bonds is 7. The van der Waals surface area contributed by atoms with Crippen LogP contribution >= 0.6 is 0 Å². The minimum absolute atomic E-state index is 0.0271. The maximum Gasteiger partial charge on any atom is 0.251 e. The van der Waals surface area contributed by atoms with E-state index in [0.29, 0.717) is 12.1 Å². The molecule has 2 amide bonds. The molecule has 0 aliphatic carbocycles. The normalized spacial score (nSPS) is 18.1. The van der Waals surface area contributed by atoms with Crippen LogP contribution in [-0.2, 0) is 11.3 Å². The van der Waals surface area contributed by atoms with Crippen molar-refractivity contribution in [2.24, 2.45) is 0 Å². The van der Waals surface area contributed by atoms with Gasteiger partial charge in [-0.05, 0) is 100 Å². The van der Waals surface area contributed by atoms with Gasteiger partial charge in [-0.3, -0.25) is 9.59 Å². The number of nitrogens with zero attached hydrogens (tertiary/aromatic N) is 3. The fourth-order valence-corrected chi connectivity index (χ4v) is 5.30. The van der Waals surface area contributed by atoms with E-state index in [9.17, 15) is 9.59 Å². The second-order valence-corrected chi connectivity index (χ2v) is 10.5. The van der Waals surface area contributed by atoms with Crippen LogP contribution in [0.2, 0.25) is 0 Å². The van der Waals surface area contributed by atoms with Crippen molar-refractivity contribution in [3.63, 3.8) is 0 Å². The molecule has 2 heterocycles. The van der Waals surface area contributed by atoms with Crippen LogP contribution in [0.4, 0.5) is 22.7 Å². The molecule has 8 heteroatoms. The summed E-state index contributed by atoms with van der Waals surface area (Å²) in [5.74, 6) is 0.838. The Balaban J connectivity index is 1.31. The Hall–Kier alpha value is -4.04. The van der Waals surface area contributed by atoms with Crippen molar-refractivity contribution >= 4 is 34.6 Å². The number of nitrogens with one attached hydrogen (secondary N) is 2. The van der Waals surface area contributed by atoms with Crippen LogP contribution in [0.3, 0.4) is 0 Å². The largest absolute Gasteiger partial charge is 0.497 e. The van der Waals surface area contributed by atoms with Gasteiger partial charge >= 0.3 is 0 Å². The highest BCUT2D eigenvalue weighted by Gasteiger charge is 2.33. The van der Waals surface area contributed by atoms with Gasteiger partial charge in [-0.1, -0.05) is 12.1 Å². The summed E-state index contributed by atoms with van der Waals surface area (Å²) in [6, 6.07) is 21.5. The van der Waals surface area contributed by atoms with Crippen LogP contribution < -0.4 is 25.2 Å². The molecule has 1 atom stereocenters. The highest BCUT2D eigenvalue weighted by molar-refractivity contribution is 6.05. The van der Waals surface area contributed by atoms with Gasteiger partial charge in [0, 0.05) is 36.6 Å². The Morgan fingerprint density at radius 1 is 0.923 bits per heavy atom. The van der Waals surface area contributed by atoms with E-state index in [1.54, 1.807) is 12.0 Å². The molecular formula is C31H37N5O3. The van der Waals surface area contributed by atoms with E-state index >= 15 is 0 Å². The number of piperidine rings is 1. The summed E-state index contributed by atoms with van der Waals surface area (Å²) in [5, 5.41) is 6.63. The van der Waals surface area contributed by atoms with Crippen molar-refractivity contribution in [3.05, 3.63) is 77.9 Å². The van der Waals surface area contributed by atoms with Gasteiger partial charge in [-0.25, -0.2) is 0 Å². The number of likely N-dealkylation sites (N-methyl/N-ethyl adjacent to an activating group) is 1. The van der Waals surface area contributed by atoms with E-state index in [1.807, 2.05) is 74.6 Å². The molecule has 204 valence electrons. The average molecular weight is 528 g/mol. The molecule has 0 saturated carbocycles. The second-order valence-electron chi connectivity index (χ2n) is 10.5. The number of amides is 2. The quantitative estimate of drug-likeness (QED) is 0.467. The predicted octanol–water partition coefficient (Wildman–Crippen LogP) is 4.63. The lowest BCUT2D eigenvalue weighted by atomic mass is 10.0. The van der Waals surface area contributed by atoms with Crippen LogP contribution in [0, 0.1) is 0 Å². The van der Waals surface area contributed by atoms with Crippen molar-refractivity contribution < 1.29 is 14.3 Å². The summed E-state index contributed by atoms with van der Waals surface area (Å²) < 4.78 is 5.29. The second kappa shape index (κ2) is 11.4. The van der Waals surface area contributed by atoms with Crippen LogP contribution in [0.5, 0.6) is 5.75 Å². The Morgan fingerprint density at radius 2 is 1.59 bits per heavy atom.